The van der Waals surface area contributed by atoms with E-state index in [2.05, 4.69) is 20.8 Å². The molecule has 0 unspecified atom stereocenters. The Bertz CT molecular complexity index is 1510. The van der Waals surface area contributed by atoms with Crippen LogP contribution in [-0.4, -0.2) is 147 Å². The van der Waals surface area contributed by atoms with E-state index in [0.29, 0.717) is 12.3 Å². The highest BCUT2D eigenvalue weighted by atomic mass is 16.7. The zero-order chi connectivity index (χ0) is 41.2. The maximum Gasteiger partial charge on any atom is 0.186 e. The van der Waals surface area contributed by atoms with E-state index in [0.717, 1.165) is 56.9 Å². The van der Waals surface area contributed by atoms with E-state index in [-0.39, 0.29) is 58.7 Å². The molecule has 8 aliphatic rings. The fourth-order valence-electron chi connectivity index (χ4n) is 14.7. The fourth-order valence-corrected chi connectivity index (χ4v) is 14.7. The second kappa shape index (κ2) is 14.9. The van der Waals surface area contributed by atoms with Gasteiger partial charge in [-0.15, -0.1) is 0 Å². The molecule has 3 saturated heterocycles. The van der Waals surface area contributed by atoms with Crippen molar-refractivity contribution in [2.45, 2.75) is 185 Å². The third-order valence-electron chi connectivity index (χ3n) is 18.0. The molecule has 14 nitrogen and oxygen atoms in total. The van der Waals surface area contributed by atoms with Gasteiger partial charge >= 0.3 is 0 Å². The van der Waals surface area contributed by atoms with Gasteiger partial charge in [0, 0.05) is 18.4 Å². The van der Waals surface area contributed by atoms with Crippen LogP contribution < -0.4 is 0 Å². The lowest BCUT2D eigenvalue weighted by Gasteiger charge is -2.64. The highest BCUT2D eigenvalue weighted by Gasteiger charge is 2.83. The number of aliphatic hydroxyl groups excluding tert-OH is 8. The van der Waals surface area contributed by atoms with E-state index in [9.17, 15) is 40.9 Å². The molecule has 5 saturated carbocycles. The molecule has 3 heterocycles. The molecule has 0 radical (unpaired) electrons. The van der Waals surface area contributed by atoms with Gasteiger partial charge in [0.25, 0.3) is 0 Å². The molecule has 8 rings (SSSR count). The molecular formula is C43H70O14. The minimum absolute atomic E-state index is 0.00635. The van der Waals surface area contributed by atoms with Gasteiger partial charge in [-0.05, 0) is 118 Å². The van der Waals surface area contributed by atoms with Crippen LogP contribution in [0.25, 0.3) is 0 Å². The molecule has 2 spiro atoms. The van der Waals surface area contributed by atoms with Crippen LogP contribution in [0.1, 0.15) is 99.3 Å². The highest BCUT2D eigenvalue weighted by Crippen LogP contribution is 2.89. The summed E-state index contributed by atoms with van der Waals surface area (Å²) in [5, 5.41) is 86.6. The van der Waals surface area contributed by atoms with Crippen molar-refractivity contribution in [3.05, 3.63) is 11.6 Å². The van der Waals surface area contributed by atoms with Crippen molar-refractivity contribution >= 4 is 0 Å². The van der Waals surface area contributed by atoms with Crippen molar-refractivity contribution in [3.8, 4) is 0 Å². The van der Waals surface area contributed by atoms with Gasteiger partial charge in [0.05, 0.1) is 31.5 Å². The molecule has 8 N–H and O–H groups in total. The second-order valence-corrected chi connectivity index (χ2v) is 20.5. The van der Waals surface area contributed by atoms with E-state index in [1.807, 2.05) is 19.9 Å². The topological polar surface area (TPSA) is 217 Å². The molecule has 57 heavy (non-hydrogen) atoms. The molecule has 0 amide bonds. The number of allylic oxidation sites excluding steroid dienone is 1. The number of rotatable bonds is 9. The molecular weight excluding hydrogens is 740 g/mol. The van der Waals surface area contributed by atoms with Crippen LogP contribution in [0.3, 0.4) is 0 Å². The smallest absolute Gasteiger partial charge is 0.186 e. The molecule has 326 valence electrons. The van der Waals surface area contributed by atoms with E-state index in [4.69, 9.17) is 28.4 Å². The zero-order valence-electron chi connectivity index (χ0n) is 34.8. The monoisotopic (exact) mass is 810 g/mol. The summed E-state index contributed by atoms with van der Waals surface area (Å²) in [6, 6.07) is 0. The summed E-state index contributed by atoms with van der Waals surface area (Å²) in [7, 11) is 1.69. The summed E-state index contributed by atoms with van der Waals surface area (Å²) >= 11 is 0. The summed E-state index contributed by atoms with van der Waals surface area (Å²) in [5.41, 5.74) is 0.750. The summed E-state index contributed by atoms with van der Waals surface area (Å²) in [6.07, 6.45) is -4.77. The Morgan fingerprint density at radius 2 is 1.35 bits per heavy atom. The molecule has 14 heteroatoms. The SMILES string of the molecule is CO[C@H]1O[C@H](C=C(C)C)[C@@H](O)[C@@H]1[C@H]1CC[C@@]2(C)[C@H]3CC[C@H]4[C@@](C)(CO)[C@@H](O[C@@H]5O[C@H](CO[C@@H]6O[C@@H](C)[C@H](O)[C@@H](O)[C@H]6O)[C@@H](O)[C@H](O)[C@H]5O)CC[C@@]45C[C@@]35CC[C@]12C. The lowest BCUT2D eigenvalue weighted by molar-refractivity contribution is -0.343. The molecule has 23 atom stereocenters. The molecule has 0 aromatic rings. The standard InChI is InChI=1S/C43H70O14/c1-20(2)16-23-30(46)28(36(52-7)55-23)22-10-12-41(6)26-9-8-25-39(4,19-44)27(11-13-42(25)18-43(26,42)15-14-40(22,41)5)57-38-35(51)33(49)31(47)24(56-38)17-53-37-34(50)32(48)29(45)21(3)54-37/h16,21-38,44-51H,8-15,17-19H2,1-7H3/t21-,22+,23+,24+,25-,26+,27-,28-,29-,30+,31+,32+,33-,34+,35+,36-,37+,38-,39+,40+,41-,42+,43-/m0/s1. The van der Waals surface area contributed by atoms with Crippen LogP contribution >= 0.6 is 0 Å². The van der Waals surface area contributed by atoms with E-state index >= 15 is 0 Å². The summed E-state index contributed by atoms with van der Waals surface area (Å²) in [6.45, 7) is 12.2. The number of ether oxygens (including phenoxy) is 6. The summed E-state index contributed by atoms with van der Waals surface area (Å²) in [4.78, 5) is 0. The first-order valence-electron chi connectivity index (χ1n) is 21.6. The zero-order valence-corrected chi connectivity index (χ0v) is 34.8. The lowest BCUT2D eigenvalue weighted by Crippen LogP contribution is -2.63. The second-order valence-electron chi connectivity index (χ2n) is 20.5. The number of hydrogen-bond donors (Lipinski definition) is 8. The first kappa shape index (κ1) is 42.9. The van der Waals surface area contributed by atoms with Gasteiger partial charge in [0.15, 0.2) is 18.9 Å². The Morgan fingerprint density at radius 1 is 0.684 bits per heavy atom. The number of hydrogen-bond acceptors (Lipinski definition) is 14. The molecule has 5 aliphatic carbocycles. The summed E-state index contributed by atoms with van der Waals surface area (Å²) in [5.74, 6) is 0.849. The molecule has 3 aliphatic heterocycles. The fraction of sp³-hybridized carbons (Fsp3) is 0.953. The highest BCUT2D eigenvalue weighted by molar-refractivity contribution is 5.31. The van der Waals surface area contributed by atoms with Crippen molar-refractivity contribution in [3.63, 3.8) is 0 Å². The maximum absolute atomic E-state index is 11.7. The Balaban J connectivity index is 0.972. The van der Waals surface area contributed by atoms with E-state index in [1.165, 1.54) is 6.92 Å². The van der Waals surface area contributed by atoms with Gasteiger partial charge in [0.2, 0.25) is 0 Å². The van der Waals surface area contributed by atoms with Crippen molar-refractivity contribution in [1.29, 1.82) is 0 Å². The first-order valence-corrected chi connectivity index (χ1v) is 21.6. The molecule has 8 fully saturated rings. The largest absolute Gasteiger partial charge is 0.396 e. The number of fused-ring (bicyclic) bond motifs is 2. The van der Waals surface area contributed by atoms with Crippen LogP contribution in [0.15, 0.2) is 11.6 Å². The van der Waals surface area contributed by atoms with E-state index < -0.39 is 85.3 Å². The average molecular weight is 811 g/mol. The van der Waals surface area contributed by atoms with Gasteiger partial charge in [-0.2, -0.15) is 0 Å². The number of methoxy groups -OCH3 is 1. The van der Waals surface area contributed by atoms with Gasteiger partial charge < -0.3 is 69.3 Å². The Hall–Kier alpha value is -0.820. The van der Waals surface area contributed by atoms with Gasteiger partial charge in [-0.25, -0.2) is 0 Å². The van der Waals surface area contributed by atoms with Crippen molar-refractivity contribution in [1.82, 2.24) is 0 Å². The maximum atomic E-state index is 11.7. The quantitative estimate of drug-likeness (QED) is 0.123. The van der Waals surface area contributed by atoms with E-state index in [1.54, 1.807) is 7.11 Å². The van der Waals surface area contributed by atoms with Gasteiger partial charge in [0.1, 0.15) is 48.8 Å². The number of aliphatic hydroxyl groups is 8. The van der Waals surface area contributed by atoms with Crippen LogP contribution in [0.2, 0.25) is 0 Å². The van der Waals surface area contributed by atoms with Crippen LogP contribution in [-0.2, 0) is 28.4 Å². The Kier molecular flexibility index (Phi) is 11.2. The van der Waals surface area contributed by atoms with Crippen LogP contribution in [0.5, 0.6) is 0 Å². The normalized spacial score (nSPS) is 58.3. The third kappa shape index (κ3) is 6.16. The average Bonchev–Trinajstić information content (AvgIpc) is 3.64. The molecule has 0 aromatic carbocycles. The van der Waals surface area contributed by atoms with Crippen LogP contribution in [0.4, 0.5) is 0 Å². The van der Waals surface area contributed by atoms with Crippen molar-refractivity contribution in [2.24, 2.45) is 50.7 Å². The predicted octanol–water partition coefficient (Wildman–Crippen LogP) is 1.75. The third-order valence-corrected chi connectivity index (χ3v) is 18.0. The van der Waals surface area contributed by atoms with Crippen molar-refractivity contribution in [2.75, 3.05) is 20.3 Å². The minimum atomic E-state index is -1.62. The Labute approximate surface area is 336 Å². The minimum Gasteiger partial charge on any atom is -0.396 e. The van der Waals surface area contributed by atoms with Gasteiger partial charge in [-0.3, -0.25) is 0 Å². The lowest BCUT2D eigenvalue weighted by atomic mass is 9.41. The van der Waals surface area contributed by atoms with Crippen LogP contribution in [0, 0.1) is 50.7 Å². The molecule has 0 bridgehead atoms. The molecule has 0 aromatic heterocycles. The first-order chi connectivity index (χ1) is 26.8. The van der Waals surface area contributed by atoms with Gasteiger partial charge in [-0.1, -0.05) is 32.4 Å². The summed E-state index contributed by atoms with van der Waals surface area (Å²) < 4.78 is 36.1. The van der Waals surface area contributed by atoms with Crippen molar-refractivity contribution < 1.29 is 69.3 Å². The predicted molar refractivity (Wildman–Crippen MR) is 203 cm³/mol. The Morgan fingerprint density at radius 3 is 2.04 bits per heavy atom.